The molecule has 0 saturated carbocycles. The van der Waals surface area contributed by atoms with Crippen molar-refractivity contribution in [1.82, 2.24) is 0 Å². The highest BCUT2D eigenvalue weighted by atomic mass is 28.3. The fraction of sp³-hybridized carbons (Fsp3) is 0.800. The smallest absolute Gasteiger partial charge is 0.173 e. The van der Waals surface area contributed by atoms with Crippen LogP contribution in [0.25, 0.3) is 0 Å². The van der Waals surface area contributed by atoms with Crippen molar-refractivity contribution in [3.05, 3.63) is 12.2 Å². The van der Waals surface area contributed by atoms with Crippen LogP contribution in [0, 0.1) is 0 Å². The summed E-state index contributed by atoms with van der Waals surface area (Å²) < 4.78 is 0. The Hall–Kier alpha value is -0.0831. The van der Waals surface area contributed by atoms with E-state index in [2.05, 4.69) is 19.1 Å². The van der Waals surface area contributed by atoms with Crippen molar-refractivity contribution >= 4 is 9.04 Å². The van der Waals surface area contributed by atoms with Crippen molar-refractivity contribution in [3.8, 4) is 0 Å². The first-order valence-corrected chi connectivity index (χ1v) is 7.59. The molecule has 0 aliphatic rings. The zero-order valence-corrected chi connectivity index (χ0v) is 9.58. The molecule has 0 heterocycles. The molecule has 0 spiro atoms. The SMILES string of the molecule is CCCCCCC=CC[SiH](C)O. The Kier molecular flexibility index (Phi) is 8.95. The molecule has 0 aromatic heterocycles. The molecule has 0 amide bonds. The van der Waals surface area contributed by atoms with Gasteiger partial charge < -0.3 is 4.80 Å². The zero-order chi connectivity index (χ0) is 9.23. The number of rotatable bonds is 7. The van der Waals surface area contributed by atoms with E-state index in [0.29, 0.717) is 0 Å². The lowest BCUT2D eigenvalue weighted by Gasteiger charge is -1.95. The van der Waals surface area contributed by atoms with Gasteiger partial charge in [0.15, 0.2) is 9.04 Å². The predicted molar refractivity (Wildman–Crippen MR) is 57.9 cm³/mol. The maximum absolute atomic E-state index is 9.08. The highest BCUT2D eigenvalue weighted by molar-refractivity contribution is 6.49. The fourth-order valence-corrected chi connectivity index (χ4v) is 1.69. The minimum absolute atomic E-state index is 0.938. The molecule has 0 fully saturated rings. The van der Waals surface area contributed by atoms with Crippen molar-refractivity contribution in [2.24, 2.45) is 0 Å². The third kappa shape index (κ3) is 9.92. The molecule has 0 bridgehead atoms. The van der Waals surface area contributed by atoms with E-state index in [1.165, 1.54) is 32.1 Å². The number of unbranched alkanes of at least 4 members (excludes halogenated alkanes) is 4. The average molecular weight is 186 g/mol. The minimum Gasteiger partial charge on any atom is -0.435 e. The Bertz CT molecular complexity index is 110. The number of allylic oxidation sites excluding steroid dienone is 2. The van der Waals surface area contributed by atoms with Crippen LogP contribution in [0.15, 0.2) is 12.2 Å². The summed E-state index contributed by atoms with van der Waals surface area (Å²) in [5, 5.41) is 0. The highest BCUT2D eigenvalue weighted by Crippen LogP contribution is 2.03. The van der Waals surface area contributed by atoms with Gasteiger partial charge in [0.25, 0.3) is 0 Å². The van der Waals surface area contributed by atoms with Gasteiger partial charge in [0, 0.05) is 0 Å². The molecule has 1 atom stereocenters. The van der Waals surface area contributed by atoms with Crippen molar-refractivity contribution in [1.29, 1.82) is 0 Å². The van der Waals surface area contributed by atoms with Crippen molar-refractivity contribution in [2.45, 2.75) is 51.6 Å². The second kappa shape index (κ2) is 9.01. The molecule has 0 aromatic rings. The first-order valence-electron chi connectivity index (χ1n) is 5.10. The van der Waals surface area contributed by atoms with E-state index in [4.69, 9.17) is 4.80 Å². The lowest BCUT2D eigenvalue weighted by Crippen LogP contribution is -2.01. The molecule has 0 aliphatic carbocycles. The largest absolute Gasteiger partial charge is 0.435 e. The summed E-state index contributed by atoms with van der Waals surface area (Å²) in [4.78, 5) is 9.08. The van der Waals surface area contributed by atoms with Crippen LogP contribution in [-0.4, -0.2) is 13.8 Å². The van der Waals surface area contributed by atoms with Gasteiger partial charge >= 0.3 is 0 Å². The summed E-state index contributed by atoms with van der Waals surface area (Å²) in [6.45, 7) is 4.19. The lowest BCUT2D eigenvalue weighted by molar-refractivity contribution is 0.582. The van der Waals surface area contributed by atoms with Gasteiger partial charge in [-0.2, -0.15) is 0 Å². The Labute approximate surface area is 78.2 Å². The Balaban J connectivity index is 3.03. The third-order valence-electron chi connectivity index (χ3n) is 1.87. The molecule has 1 nitrogen and oxygen atoms in total. The third-order valence-corrected chi connectivity index (χ3v) is 2.82. The Morgan fingerprint density at radius 1 is 1.17 bits per heavy atom. The predicted octanol–water partition coefficient (Wildman–Crippen LogP) is 2.86. The van der Waals surface area contributed by atoms with E-state index in [1.807, 2.05) is 6.55 Å². The zero-order valence-electron chi connectivity index (χ0n) is 8.42. The Morgan fingerprint density at radius 3 is 2.50 bits per heavy atom. The molecule has 0 saturated heterocycles. The lowest BCUT2D eigenvalue weighted by atomic mass is 10.1. The summed E-state index contributed by atoms with van der Waals surface area (Å²) in [5.74, 6) is 0. The summed E-state index contributed by atoms with van der Waals surface area (Å²) in [7, 11) is -1.32. The molecule has 1 unspecified atom stereocenters. The monoisotopic (exact) mass is 186 g/mol. The first-order chi connectivity index (χ1) is 5.77. The van der Waals surface area contributed by atoms with Crippen molar-refractivity contribution in [2.75, 3.05) is 0 Å². The average Bonchev–Trinajstić information content (AvgIpc) is 2.02. The maximum Gasteiger partial charge on any atom is 0.173 e. The van der Waals surface area contributed by atoms with E-state index < -0.39 is 9.04 Å². The van der Waals surface area contributed by atoms with Crippen molar-refractivity contribution in [3.63, 3.8) is 0 Å². The van der Waals surface area contributed by atoms with Gasteiger partial charge in [-0.25, -0.2) is 0 Å². The van der Waals surface area contributed by atoms with Gasteiger partial charge in [0.05, 0.1) is 0 Å². The molecule has 2 heteroatoms. The quantitative estimate of drug-likeness (QED) is 0.368. The second-order valence-electron chi connectivity index (χ2n) is 3.41. The number of hydrogen-bond donors (Lipinski definition) is 1. The van der Waals surface area contributed by atoms with E-state index in [-0.39, 0.29) is 0 Å². The molecule has 0 aliphatic heterocycles. The molecule has 1 N–H and O–H groups in total. The van der Waals surface area contributed by atoms with Crippen LogP contribution in [0.2, 0.25) is 12.6 Å². The topological polar surface area (TPSA) is 20.2 Å². The summed E-state index contributed by atoms with van der Waals surface area (Å²) in [5.41, 5.74) is 0. The van der Waals surface area contributed by atoms with Crippen LogP contribution in [0.5, 0.6) is 0 Å². The van der Waals surface area contributed by atoms with Gasteiger partial charge in [-0.15, -0.1) is 0 Å². The van der Waals surface area contributed by atoms with Gasteiger partial charge in [-0.3, -0.25) is 0 Å². The molecule has 0 radical (unpaired) electrons. The highest BCUT2D eigenvalue weighted by Gasteiger charge is 1.91. The van der Waals surface area contributed by atoms with Crippen LogP contribution in [0.1, 0.15) is 39.0 Å². The van der Waals surface area contributed by atoms with E-state index in [1.54, 1.807) is 0 Å². The van der Waals surface area contributed by atoms with Crippen LogP contribution in [0.4, 0.5) is 0 Å². The fourth-order valence-electron chi connectivity index (χ4n) is 1.10. The maximum atomic E-state index is 9.08. The summed E-state index contributed by atoms with van der Waals surface area (Å²) in [6.07, 6.45) is 10.9. The van der Waals surface area contributed by atoms with E-state index in [9.17, 15) is 0 Å². The van der Waals surface area contributed by atoms with Crippen LogP contribution in [0.3, 0.4) is 0 Å². The van der Waals surface area contributed by atoms with Gasteiger partial charge in [0.1, 0.15) is 0 Å². The summed E-state index contributed by atoms with van der Waals surface area (Å²) in [6, 6.07) is 0.938. The van der Waals surface area contributed by atoms with Crippen LogP contribution in [-0.2, 0) is 0 Å². The van der Waals surface area contributed by atoms with E-state index >= 15 is 0 Å². The molecule has 72 valence electrons. The molecular weight excluding hydrogens is 164 g/mol. The first kappa shape index (κ1) is 11.9. The van der Waals surface area contributed by atoms with Gasteiger partial charge in [-0.05, 0) is 25.4 Å². The van der Waals surface area contributed by atoms with Gasteiger partial charge in [0.2, 0.25) is 0 Å². The normalized spacial score (nSPS) is 13.9. The van der Waals surface area contributed by atoms with Crippen LogP contribution < -0.4 is 0 Å². The molecular formula is C10H22OSi. The van der Waals surface area contributed by atoms with Crippen LogP contribution >= 0.6 is 0 Å². The van der Waals surface area contributed by atoms with Gasteiger partial charge in [-0.1, -0.05) is 38.3 Å². The summed E-state index contributed by atoms with van der Waals surface area (Å²) >= 11 is 0. The molecule has 0 rings (SSSR count). The molecule has 12 heavy (non-hydrogen) atoms. The molecule has 0 aromatic carbocycles. The minimum atomic E-state index is -1.32. The van der Waals surface area contributed by atoms with E-state index in [0.717, 1.165) is 6.04 Å². The standard InChI is InChI=1S/C10H22OSi/c1-3-4-5-6-7-8-9-10-12(2)11/h8-9,11-12H,3-7,10H2,1-2H3. The Morgan fingerprint density at radius 2 is 1.92 bits per heavy atom. The second-order valence-corrected chi connectivity index (χ2v) is 5.57. The van der Waals surface area contributed by atoms with Crippen molar-refractivity contribution < 1.29 is 4.80 Å². The number of hydrogen-bond acceptors (Lipinski definition) is 1.